The lowest BCUT2D eigenvalue weighted by molar-refractivity contribution is 1.07. The van der Waals surface area contributed by atoms with Gasteiger partial charge in [0.25, 0.3) is 0 Å². The second kappa shape index (κ2) is 6.09. The van der Waals surface area contributed by atoms with Crippen molar-refractivity contribution >= 4 is 28.3 Å². The molecular weight excluding hydrogens is 225 g/mol. The summed E-state index contributed by atoms with van der Waals surface area (Å²) in [6.07, 6.45) is 7.41. The van der Waals surface area contributed by atoms with E-state index in [2.05, 4.69) is 28.5 Å². The van der Waals surface area contributed by atoms with Gasteiger partial charge in [-0.15, -0.1) is 12.3 Å². The van der Waals surface area contributed by atoms with Crippen LogP contribution in [-0.2, 0) is 0 Å². The second-order valence-corrected chi connectivity index (χ2v) is 2.83. The Kier molecular flexibility index (Phi) is 6.06. The van der Waals surface area contributed by atoms with E-state index in [1.54, 1.807) is 0 Å². The molecule has 0 aromatic carbocycles. The van der Waals surface area contributed by atoms with Gasteiger partial charge in [0.15, 0.2) is 0 Å². The van der Waals surface area contributed by atoms with Crippen LogP contribution in [0.25, 0.3) is 0 Å². The molecule has 0 rings (SSSR count). The van der Waals surface area contributed by atoms with Gasteiger partial charge in [0.1, 0.15) is 0 Å². The van der Waals surface area contributed by atoms with Gasteiger partial charge < -0.3 is 5.41 Å². The maximum Gasteiger partial charge on any atom is 0.0138 e. The molecule has 2 heteroatoms. The second-order valence-electron chi connectivity index (χ2n) is 1.75. The first-order valence-electron chi connectivity index (χ1n) is 2.87. The Balaban J connectivity index is 3.19. The highest BCUT2D eigenvalue weighted by Crippen LogP contribution is 1.97. The van der Waals surface area contributed by atoms with Gasteiger partial charge in [-0.1, -0.05) is 22.6 Å². The standard InChI is InChI=1S/C7H10IN/c1-2-3-4-7(9)5-6-8/h1,9H,3-6H2. The predicted octanol–water partition coefficient (Wildman–Crippen LogP) is 2.24. The normalized spacial score (nSPS) is 8.44. The van der Waals surface area contributed by atoms with E-state index in [0.717, 1.165) is 29.4 Å². The number of halogens is 1. The van der Waals surface area contributed by atoms with E-state index >= 15 is 0 Å². The zero-order valence-electron chi connectivity index (χ0n) is 5.28. The number of hydrogen-bond donors (Lipinski definition) is 1. The molecule has 0 saturated carbocycles. The molecule has 50 valence electrons. The van der Waals surface area contributed by atoms with E-state index in [1.807, 2.05) is 0 Å². The first kappa shape index (κ1) is 8.96. The van der Waals surface area contributed by atoms with Crippen LogP contribution in [0.4, 0.5) is 0 Å². The monoisotopic (exact) mass is 235 g/mol. The summed E-state index contributed by atoms with van der Waals surface area (Å²) in [6, 6.07) is 0. The summed E-state index contributed by atoms with van der Waals surface area (Å²) in [7, 11) is 0. The van der Waals surface area contributed by atoms with Crippen molar-refractivity contribution in [2.75, 3.05) is 4.43 Å². The molecule has 0 fully saturated rings. The van der Waals surface area contributed by atoms with Gasteiger partial charge in [0.05, 0.1) is 0 Å². The van der Waals surface area contributed by atoms with Crippen LogP contribution in [0.2, 0.25) is 0 Å². The molecule has 0 aromatic rings. The highest BCUT2D eigenvalue weighted by molar-refractivity contribution is 14.1. The van der Waals surface area contributed by atoms with Crippen molar-refractivity contribution in [3.63, 3.8) is 0 Å². The highest BCUT2D eigenvalue weighted by atomic mass is 127. The third-order valence-electron chi connectivity index (χ3n) is 0.967. The predicted molar refractivity (Wildman–Crippen MR) is 49.3 cm³/mol. The fraction of sp³-hybridized carbons (Fsp3) is 0.571. The fourth-order valence-electron chi connectivity index (χ4n) is 0.462. The minimum absolute atomic E-state index is 0.718. The van der Waals surface area contributed by atoms with Crippen molar-refractivity contribution in [3.8, 4) is 12.3 Å². The summed E-state index contributed by atoms with van der Waals surface area (Å²) >= 11 is 2.26. The van der Waals surface area contributed by atoms with Gasteiger partial charge in [-0.05, 0) is 12.8 Å². The Morgan fingerprint density at radius 1 is 1.56 bits per heavy atom. The Morgan fingerprint density at radius 2 is 2.22 bits per heavy atom. The van der Waals surface area contributed by atoms with Crippen LogP contribution in [0.1, 0.15) is 19.3 Å². The number of alkyl halides is 1. The Morgan fingerprint density at radius 3 is 2.67 bits per heavy atom. The lowest BCUT2D eigenvalue weighted by Crippen LogP contribution is -1.95. The molecule has 0 bridgehead atoms. The number of terminal acetylenes is 1. The van der Waals surface area contributed by atoms with Gasteiger partial charge in [-0.3, -0.25) is 0 Å². The van der Waals surface area contributed by atoms with Gasteiger partial charge in [-0.2, -0.15) is 0 Å². The topological polar surface area (TPSA) is 23.9 Å². The largest absolute Gasteiger partial charge is 0.310 e. The molecule has 0 aliphatic heterocycles. The zero-order chi connectivity index (χ0) is 7.11. The lowest BCUT2D eigenvalue weighted by atomic mass is 10.2. The van der Waals surface area contributed by atoms with E-state index in [1.165, 1.54) is 0 Å². The van der Waals surface area contributed by atoms with Crippen molar-refractivity contribution in [2.24, 2.45) is 0 Å². The van der Waals surface area contributed by atoms with Crippen molar-refractivity contribution in [1.82, 2.24) is 0 Å². The molecule has 0 atom stereocenters. The smallest absolute Gasteiger partial charge is 0.0138 e. The Hall–Kier alpha value is -0.0400. The minimum Gasteiger partial charge on any atom is -0.310 e. The quantitative estimate of drug-likeness (QED) is 0.334. The van der Waals surface area contributed by atoms with E-state index in [-0.39, 0.29) is 0 Å². The summed E-state index contributed by atoms with van der Waals surface area (Å²) in [6.45, 7) is 0. The van der Waals surface area contributed by atoms with Gasteiger partial charge >= 0.3 is 0 Å². The van der Waals surface area contributed by atoms with Crippen LogP contribution in [0, 0.1) is 17.8 Å². The molecule has 0 unspecified atom stereocenters. The summed E-state index contributed by atoms with van der Waals surface area (Å²) in [5, 5.41) is 7.29. The maximum absolute atomic E-state index is 7.29. The third kappa shape index (κ3) is 5.84. The lowest BCUT2D eigenvalue weighted by Gasteiger charge is -1.94. The summed E-state index contributed by atoms with van der Waals surface area (Å²) < 4.78 is 1.03. The van der Waals surface area contributed by atoms with Crippen LogP contribution < -0.4 is 0 Å². The first-order chi connectivity index (χ1) is 4.31. The van der Waals surface area contributed by atoms with Gasteiger partial charge in [0, 0.05) is 16.6 Å². The number of hydrogen-bond acceptors (Lipinski definition) is 1. The van der Waals surface area contributed by atoms with Crippen LogP contribution in [0.3, 0.4) is 0 Å². The summed E-state index contributed by atoms with van der Waals surface area (Å²) in [5.41, 5.74) is 0.780. The average molecular weight is 235 g/mol. The van der Waals surface area contributed by atoms with Crippen molar-refractivity contribution in [2.45, 2.75) is 19.3 Å². The molecule has 0 aliphatic carbocycles. The van der Waals surface area contributed by atoms with E-state index in [4.69, 9.17) is 11.8 Å². The molecule has 9 heavy (non-hydrogen) atoms. The molecule has 0 aliphatic rings. The zero-order valence-corrected chi connectivity index (χ0v) is 7.44. The molecule has 0 heterocycles. The Labute approximate surface area is 69.9 Å². The van der Waals surface area contributed by atoms with E-state index in [9.17, 15) is 0 Å². The van der Waals surface area contributed by atoms with Crippen molar-refractivity contribution in [1.29, 1.82) is 5.41 Å². The number of rotatable bonds is 4. The third-order valence-corrected chi connectivity index (χ3v) is 1.51. The highest BCUT2D eigenvalue weighted by Gasteiger charge is 1.92. The molecule has 0 amide bonds. The van der Waals surface area contributed by atoms with Crippen LogP contribution in [-0.4, -0.2) is 10.1 Å². The molecular formula is C7H10IN. The maximum atomic E-state index is 7.29. The van der Waals surface area contributed by atoms with Crippen LogP contribution >= 0.6 is 22.6 Å². The molecule has 0 spiro atoms. The van der Waals surface area contributed by atoms with Crippen LogP contribution in [0.5, 0.6) is 0 Å². The average Bonchev–Trinajstić information content (AvgIpc) is 1.85. The molecule has 0 saturated heterocycles. The van der Waals surface area contributed by atoms with Crippen molar-refractivity contribution in [3.05, 3.63) is 0 Å². The van der Waals surface area contributed by atoms with Gasteiger partial charge in [0.2, 0.25) is 0 Å². The summed E-state index contributed by atoms with van der Waals surface area (Å²) in [4.78, 5) is 0. The fourth-order valence-corrected chi connectivity index (χ4v) is 1.11. The molecule has 0 aromatic heterocycles. The first-order valence-corrected chi connectivity index (χ1v) is 4.39. The Bertz CT molecular complexity index is 123. The van der Waals surface area contributed by atoms with E-state index in [0.29, 0.717) is 0 Å². The molecule has 0 radical (unpaired) electrons. The SMILES string of the molecule is C#CCCC(=N)CCI. The summed E-state index contributed by atoms with van der Waals surface area (Å²) in [5.74, 6) is 2.51. The van der Waals surface area contributed by atoms with Crippen LogP contribution in [0.15, 0.2) is 0 Å². The molecule has 1 N–H and O–H groups in total. The van der Waals surface area contributed by atoms with Crippen molar-refractivity contribution < 1.29 is 0 Å². The number of nitrogens with one attached hydrogen (secondary N) is 1. The van der Waals surface area contributed by atoms with E-state index < -0.39 is 0 Å². The molecule has 1 nitrogen and oxygen atoms in total. The van der Waals surface area contributed by atoms with Gasteiger partial charge in [-0.25, -0.2) is 0 Å². The minimum atomic E-state index is 0.718.